The molecule has 0 aliphatic carbocycles. The van der Waals surface area contributed by atoms with Gasteiger partial charge in [-0.3, -0.25) is 4.79 Å². The Labute approximate surface area is 115 Å². The summed E-state index contributed by atoms with van der Waals surface area (Å²) in [7, 11) is 1.65. The summed E-state index contributed by atoms with van der Waals surface area (Å²) >= 11 is 3.52. The molecule has 0 radical (unpaired) electrons. The second-order valence-corrected chi connectivity index (χ2v) is 5.16. The normalized spacial score (nSPS) is 16.6. The van der Waals surface area contributed by atoms with Crippen LogP contribution in [0, 0.1) is 0 Å². The Hall–Kier alpha value is -1.07. The fourth-order valence-corrected chi connectivity index (χ4v) is 2.37. The number of benzene rings is 1. The first-order chi connectivity index (χ1) is 8.70. The smallest absolute Gasteiger partial charge is 0.236 e. The number of hydrogen-bond acceptors (Lipinski definition) is 3. The molecule has 1 aromatic rings. The van der Waals surface area contributed by atoms with E-state index < -0.39 is 0 Å². The number of rotatable bonds is 3. The first kappa shape index (κ1) is 13.4. The van der Waals surface area contributed by atoms with E-state index in [0.29, 0.717) is 13.1 Å². The van der Waals surface area contributed by atoms with Crippen molar-refractivity contribution in [3.8, 4) is 5.75 Å². The molecule has 1 aliphatic rings. The van der Waals surface area contributed by atoms with Gasteiger partial charge in [-0.05, 0) is 36.7 Å². The Balaban J connectivity index is 2.14. The first-order valence-corrected chi connectivity index (χ1v) is 6.81. The van der Waals surface area contributed by atoms with Gasteiger partial charge in [-0.1, -0.05) is 15.9 Å². The molecule has 0 saturated carbocycles. The van der Waals surface area contributed by atoms with E-state index in [0.717, 1.165) is 35.3 Å². The minimum Gasteiger partial charge on any atom is -0.497 e. The number of amides is 1. The van der Waals surface area contributed by atoms with Crippen LogP contribution < -0.4 is 10.1 Å². The molecular formula is C13H17BrN2O2. The number of halogens is 1. The fraction of sp³-hybridized carbons (Fsp3) is 0.462. The van der Waals surface area contributed by atoms with Gasteiger partial charge in [0.25, 0.3) is 0 Å². The summed E-state index contributed by atoms with van der Waals surface area (Å²) in [4.78, 5) is 13.8. The first-order valence-electron chi connectivity index (χ1n) is 6.01. The highest BCUT2D eigenvalue weighted by molar-refractivity contribution is 9.10. The second kappa shape index (κ2) is 6.20. The predicted octanol–water partition coefficient (Wildman–Crippen LogP) is 1.78. The Morgan fingerprint density at radius 3 is 3.11 bits per heavy atom. The molecule has 1 aliphatic heterocycles. The molecule has 1 amide bonds. The van der Waals surface area contributed by atoms with Gasteiger partial charge in [-0.15, -0.1) is 0 Å². The Kier molecular flexibility index (Phi) is 4.60. The van der Waals surface area contributed by atoms with E-state index in [-0.39, 0.29) is 5.91 Å². The molecule has 0 unspecified atom stereocenters. The second-order valence-electron chi connectivity index (χ2n) is 4.30. The number of methoxy groups -OCH3 is 1. The van der Waals surface area contributed by atoms with Crippen molar-refractivity contribution >= 4 is 21.8 Å². The van der Waals surface area contributed by atoms with Crippen LogP contribution in [0.1, 0.15) is 12.0 Å². The summed E-state index contributed by atoms with van der Waals surface area (Å²) in [5.41, 5.74) is 1.07. The molecule has 0 spiro atoms. The molecule has 0 bridgehead atoms. The predicted molar refractivity (Wildman–Crippen MR) is 73.6 cm³/mol. The van der Waals surface area contributed by atoms with Gasteiger partial charge in [-0.2, -0.15) is 0 Å². The SMILES string of the molecule is COc1ccc(Br)c(CN2CCCNCC2=O)c1. The molecule has 18 heavy (non-hydrogen) atoms. The number of carbonyl (C=O) groups is 1. The van der Waals surface area contributed by atoms with E-state index in [1.807, 2.05) is 23.1 Å². The summed E-state index contributed by atoms with van der Waals surface area (Å²) < 4.78 is 6.22. The van der Waals surface area contributed by atoms with Crippen molar-refractivity contribution in [2.45, 2.75) is 13.0 Å². The van der Waals surface area contributed by atoms with Gasteiger partial charge in [-0.25, -0.2) is 0 Å². The van der Waals surface area contributed by atoms with E-state index in [1.165, 1.54) is 0 Å². The van der Waals surface area contributed by atoms with Crippen molar-refractivity contribution in [2.24, 2.45) is 0 Å². The molecule has 0 atom stereocenters. The molecule has 1 aromatic carbocycles. The van der Waals surface area contributed by atoms with E-state index in [2.05, 4.69) is 21.2 Å². The maximum atomic E-state index is 11.9. The zero-order valence-corrected chi connectivity index (χ0v) is 12.0. The summed E-state index contributed by atoms with van der Waals surface area (Å²) in [5.74, 6) is 0.968. The standard InChI is InChI=1S/C13H17BrN2O2/c1-18-11-3-4-12(14)10(7-11)9-16-6-2-5-15-8-13(16)17/h3-4,7,15H,2,5-6,8-9H2,1H3. The van der Waals surface area contributed by atoms with Crippen molar-refractivity contribution in [2.75, 3.05) is 26.7 Å². The highest BCUT2D eigenvalue weighted by Gasteiger charge is 2.17. The third kappa shape index (κ3) is 3.23. The van der Waals surface area contributed by atoms with E-state index in [9.17, 15) is 4.79 Å². The minimum atomic E-state index is 0.155. The van der Waals surface area contributed by atoms with Crippen LogP contribution >= 0.6 is 15.9 Å². The average molecular weight is 313 g/mol. The Morgan fingerprint density at radius 1 is 1.50 bits per heavy atom. The van der Waals surface area contributed by atoms with Crippen molar-refractivity contribution < 1.29 is 9.53 Å². The van der Waals surface area contributed by atoms with Gasteiger partial charge < -0.3 is 15.0 Å². The van der Waals surface area contributed by atoms with E-state index >= 15 is 0 Å². The van der Waals surface area contributed by atoms with Gasteiger partial charge in [0, 0.05) is 17.6 Å². The number of nitrogens with one attached hydrogen (secondary N) is 1. The number of carbonyl (C=O) groups excluding carboxylic acids is 1. The Morgan fingerprint density at radius 2 is 2.33 bits per heavy atom. The summed E-state index contributed by atoms with van der Waals surface area (Å²) in [5, 5.41) is 3.12. The number of nitrogens with zero attached hydrogens (tertiary/aromatic N) is 1. The summed E-state index contributed by atoms with van der Waals surface area (Å²) in [6, 6.07) is 5.82. The molecule has 2 rings (SSSR count). The topological polar surface area (TPSA) is 41.6 Å². The average Bonchev–Trinajstić information content (AvgIpc) is 2.58. The van der Waals surface area contributed by atoms with Crippen LogP contribution in [0.15, 0.2) is 22.7 Å². The number of ether oxygens (including phenoxy) is 1. The lowest BCUT2D eigenvalue weighted by Crippen LogP contribution is -2.34. The maximum Gasteiger partial charge on any atom is 0.236 e. The fourth-order valence-electron chi connectivity index (χ4n) is 2.00. The van der Waals surface area contributed by atoms with Crippen LogP contribution in [0.2, 0.25) is 0 Å². The van der Waals surface area contributed by atoms with Crippen molar-refractivity contribution in [3.05, 3.63) is 28.2 Å². The lowest BCUT2D eigenvalue weighted by molar-refractivity contribution is -0.130. The molecular weight excluding hydrogens is 296 g/mol. The van der Waals surface area contributed by atoms with Crippen LogP contribution in [-0.4, -0.2) is 37.6 Å². The zero-order valence-electron chi connectivity index (χ0n) is 10.4. The summed E-state index contributed by atoms with van der Waals surface area (Å²) in [6.45, 7) is 2.76. The van der Waals surface area contributed by atoms with E-state index in [4.69, 9.17) is 4.74 Å². The Bertz CT molecular complexity index is 437. The van der Waals surface area contributed by atoms with Gasteiger partial charge >= 0.3 is 0 Å². The molecule has 1 fully saturated rings. The minimum absolute atomic E-state index is 0.155. The zero-order chi connectivity index (χ0) is 13.0. The van der Waals surface area contributed by atoms with Crippen LogP contribution in [0.25, 0.3) is 0 Å². The van der Waals surface area contributed by atoms with Crippen molar-refractivity contribution in [1.29, 1.82) is 0 Å². The molecule has 0 aromatic heterocycles. The third-order valence-electron chi connectivity index (χ3n) is 3.02. The van der Waals surface area contributed by atoms with E-state index in [1.54, 1.807) is 7.11 Å². The monoisotopic (exact) mass is 312 g/mol. The molecule has 1 saturated heterocycles. The molecule has 98 valence electrons. The third-order valence-corrected chi connectivity index (χ3v) is 3.80. The maximum absolute atomic E-state index is 11.9. The number of hydrogen-bond donors (Lipinski definition) is 1. The molecule has 5 heteroatoms. The van der Waals surface area contributed by atoms with Gasteiger partial charge in [0.15, 0.2) is 0 Å². The van der Waals surface area contributed by atoms with Gasteiger partial charge in [0.05, 0.1) is 13.7 Å². The highest BCUT2D eigenvalue weighted by Crippen LogP contribution is 2.24. The van der Waals surface area contributed by atoms with Crippen LogP contribution in [0.4, 0.5) is 0 Å². The lowest BCUT2D eigenvalue weighted by atomic mass is 10.2. The van der Waals surface area contributed by atoms with Crippen LogP contribution in [0.5, 0.6) is 5.75 Å². The molecule has 4 nitrogen and oxygen atoms in total. The van der Waals surface area contributed by atoms with Gasteiger partial charge in [0.1, 0.15) is 5.75 Å². The largest absolute Gasteiger partial charge is 0.497 e. The van der Waals surface area contributed by atoms with Crippen molar-refractivity contribution in [1.82, 2.24) is 10.2 Å². The lowest BCUT2D eigenvalue weighted by Gasteiger charge is -2.21. The van der Waals surface area contributed by atoms with Gasteiger partial charge in [0.2, 0.25) is 5.91 Å². The molecule has 1 heterocycles. The summed E-state index contributed by atoms with van der Waals surface area (Å²) in [6.07, 6.45) is 0.993. The highest BCUT2D eigenvalue weighted by atomic mass is 79.9. The van der Waals surface area contributed by atoms with Crippen LogP contribution in [-0.2, 0) is 11.3 Å². The molecule has 1 N–H and O–H groups in total. The quantitative estimate of drug-likeness (QED) is 0.925. The van der Waals surface area contributed by atoms with Crippen LogP contribution in [0.3, 0.4) is 0 Å². The van der Waals surface area contributed by atoms with Crippen molar-refractivity contribution in [3.63, 3.8) is 0 Å².